The molecule has 24 heavy (non-hydrogen) atoms. The maximum absolute atomic E-state index is 10.1. The second-order valence-electron chi connectivity index (χ2n) is 8.44. The molecule has 1 N–H and O–H groups in total. The third kappa shape index (κ3) is 16.6. The van der Waals surface area contributed by atoms with Crippen molar-refractivity contribution < 1.29 is 5.11 Å². The molecular formula is C23H46O. The molecule has 0 aliphatic heterocycles. The van der Waals surface area contributed by atoms with Gasteiger partial charge in [-0.15, -0.1) is 6.58 Å². The molecule has 0 spiro atoms. The van der Waals surface area contributed by atoms with Crippen LogP contribution in [0.1, 0.15) is 124 Å². The molecule has 0 aromatic heterocycles. The van der Waals surface area contributed by atoms with E-state index >= 15 is 0 Å². The second kappa shape index (κ2) is 16.2. The molecule has 0 saturated heterocycles. The molecular weight excluding hydrogens is 292 g/mol. The van der Waals surface area contributed by atoms with E-state index < -0.39 is 0 Å². The van der Waals surface area contributed by atoms with E-state index in [0.717, 1.165) is 12.8 Å². The highest BCUT2D eigenvalue weighted by molar-refractivity contribution is 4.89. The summed E-state index contributed by atoms with van der Waals surface area (Å²) in [6.45, 7) is 10.4. The predicted molar refractivity (Wildman–Crippen MR) is 110 cm³/mol. The summed E-state index contributed by atoms with van der Waals surface area (Å²) in [5.41, 5.74) is 0.0649. The first kappa shape index (κ1) is 23.7. The van der Waals surface area contributed by atoms with E-state index in [-0.39, 0.29) is 11.5 Å². The second-order valence-corrected chi connectivity index (χ2v) is 8.44. The van der Waals surface area contributed by atoms with Crippen LogP contribution in [0, 0.1) is 5.41 Å². The Bertz CT molecular complexity index is 269. The standard InChI is InChI=1S/C23H46O/c1-5-7-8-9-10-11-12-13-14-15-16-17-18-19-20-22(24)21-23(3,4)6-2/h6,22,24H,2,5,7-21H2,1,3-4H3. The van der Waals surface area contributed by atoms with Crippen molar-refractivity contribution >= 4 is 0 Å². The molecule has 0 heterocycles. The zero-order chi connectivity index (χ0) is 18.1. The summed E-state index contributed by atoms with van der Waals surface area (Å²) in [6.07, 6.45) is 23.0. The molecule has 1 nitrogen and oxygen atoms in total. The Labute approximate surface area is 153 Å². The number of aliphatic hydroxyl groups excluding tert-OH is 1. The molecule has 0 saturated carbocycles. The quantitative estimate of drug-likeness (QED) is 0.199. The molecule has 0 radical (unpaired) electrons. The molecule has 0 amide bonds. The lowest BCUT2D eigenvalue weighted by molar-refractivity contribution is 0.119. The van der Waals surface area contributed by atoms with Crippen molar-refractivity contribution in [3.8, 4) is 0 Å². The average molecular weight is 339 g/mol. The maximum atomic E-state index is 10.1. The molecule has 0 aromatic rings. The fourth-order valence-electron chi connectivity index (χ4n) is 3.37. The summed E-state index contributed by atoms with van der Waals surface area (Å²) in [4.78, 5) is 0. The monoisotopic (exact) mass is 338 g/mol. The SMILES string of the molecule is C=CC(C)(C)CC(O)CCCCCCCCCCCCCCCC. The van der Waals surface area contributed by atoms with Crippen LogP contribution in [0.25, 0.3) is 0 Å². The Morgan fingerprint density at radius 3 is 1.50 bits per heavy atom. The number of aliphatic hydroxyl groups is 1. The molecule has 1 atom stereocenters. The van der Waals surface area contributed by atoms with E-state index in [4.69, 9.17) is 0 Å². The van der Waals surface area contributed by atoms with Crippen molar-refractivity contribution in [2.45, 2.75) is 130 Å². The highest BCUT2D eigenvalue weighted by Crippen LogP contribution is 2.25. The van der Waals surface area contributed by atoms with Crippen LogP contribution in [-0.4, -0.2) is 11.2 Å². The fraction of sp³-hybridized carbons (Fsp3) is 0.913. The number of rotatable bonds is 18. The van der Waals surface area contributed by atoms with Gasteiger partial charge in [-0.2, -0.15) is 0 Å². The Balaban J connectivity index is 3.21. The highest BCUT2D eigenvalue weighted by Gasteiger charge is 2.17. The Morgan fingerprint density at radius 1 is 0.750 bits per heavy atom. The van der Waals surface area contributed by atoms with Gasteiger partial charge in [0.05, 0.1) is 6.10 Å². The topological polar surface area (TPSA) is 20.2 Å². The van der Waals surface area contributed by atoms with Gasteiger partial charge in [0, 0.05) is 0 Å². The Kier molecular flexibility index (Phi) is 16.0. The zero-order valence-corrected chi connectivity index (χ0v) is 17.1. The molecule has 1 unspecified atom stereocenters. The van der Waals surface area contributed by atoms with E-state index in [2.05, 4.69) is 27.4 Å². The predicted octanol–water partition coefficient (Wildman–Crippen LogP) is 7.82. The smallest absolute Gasteiger partial charge is 0.0548 e. The fourth-order valence-corrected chi connectivity index (χ4v) is 3.37. The van der Waals surface area contributed by atoms with Gasteiger partial charge in [-0.3, -0.25) is 0 Å². The van der Waals surface area contributed by atoms with Crippen molar-refractivity contribution in [2.75, 3.05) is 0 Å². The van der Waals surface area contributed by atoms with Crippen molar-refractivity contribution in [3.63, 3.8) is 0 Å². The number of allylic oxidation sites excluding steroid dienone is 1. The van der Waals surface area contributed by atoms with Crippen LogP contribution in [0.15, 0.2) is 12.7 Å². The zero-order valence-electron chi connectivity index (χ0n) is 17.1. The van der Waals surface area contributed by atoms with E-state index in [0.29, 0.717) is 0 Å². The van der Waals surface area contributed by atoms with Gasteiger partial charge < -0.3 is 5.11 Å². The largest absolute Gasteiger partial charge is 0.393 e. The molecule has 0 aromatic carbocycles. The minimum Gasteiger partial charge on any atom is -0.393 e. The minimum atomic E-state index is -0.157. The van der Waals surface area contributed by atoms with Gasteiger partial charge in [-0.25, -0.2) is 0 Å². The summed E-state index contributed by atoms with van der Waals surface area (Å²) < 4.78 is 0. The summed E-state index contributed by atoms with van der Waals surface area (Å²) >= 11 is 0. The summed E-state index contributed by atoms with van der Waals surface area (Å²) in [5.74, 6) is 0. The lowest BCUT2D eigenvalue weighted by atomic mass is 9.85. The minimum absolute atomic E-state index is 0.0649. The number of hydrogen-bond acceptors (Lipinski definition) is 1. The average Bonchev–Trinajstić information content (AvgIpc) is 2.54. The van der Waals surface area contributed by atoms with E-state index in [9.17, 15) is 5.11 Å². The molecule has 1 heteroatoms. The lowest BCUT2D eigenvalue weighted by Gasteiger charge is -2.23. The molecule has 0 fully saturated rings. The van der Waals surface area contributed by atoms with Crippen molar-refractivity contribution in [2.24, 2.45) is 5.41 Å². The third-order valence-electron chi connectivity index (χ3n) is 5.21. The highest BCUT2D eigenvalue weighted by atomic mass is 16.3. The lowest BCUT2D eigenvalue weighted by Crippen LogP contribution is -2.18. The Hall–Kier alpha value is -0.300. The van der Waals surface area contributed by atoms with Crippen LogP contribution in [0.2, 0.25) is 0 Å². The van der Waals surface area contributed by atoms with Crippen molar-refractivity contribution in [3.05, 3.63) is 12.7 Å². The molecule has 0 aliphatic rings. The van der Waals surface area contributed by atoms with Crippen LogP contribution in [0.5, 0.6) is 0 Å². The van der Waals surface area contributed by atoms with Gasteiger partial charge in [0.2, 0.25) is 0 Å². The summed E-state index contributed by atoms with van der Waals surface area (Å²) in [5, 5.41) is 10.1. The van der Waals surface area contributed by atoms with Crippen LogP contribution < -0.4 is 0 Å². The first-order valence-electron chi connectivity index (χ1n) is 10.8. The number of unbranched alkanes of at least 4 members (excludes halogenated alkanes) is 13. The van der Waals surface area contributed by atoms with Gasteiger partial charge in [-0.05, 0) is 18.3 Å². The molecule has 0 rings (SSSR count). The van der Waals surface area contributed by atoms with E-state index in [1.807, 2.05) is 6.08 Å². The van der Waals surface area contributed by atoms with E-state index in [1.54, 1.807) is 0 Å². The van der Waals surface area contributed by atoms with Gasteiger partial charge >= 0.3 is 0 Å². The van der Waals surface area contributed by atoms with Crippen LogP contribution in [-0.2, 0) is 0 Å². The third-order valence-corrected chi connectivity index (χ3v) is 5.21. The normalized spacial score (nSPS) is 13.2. The van der Waals surface area contributed by atoms with E-state index in [1.165, 1.54) is 89.9 Å². The van der Waals surface area contributed by atoms with Crippen LogP contribution in [0.4, 0.5) is 0 Å². The first-order valence-corrected chi connectivity index (χ1v) is 10.8. The van der Waals surface area contributed by atoms with Gasteiger partial charge in [-0.1, -0.05) is 117 Å². The molecule has 144 valence electrons. The molecule has 0 bridgehead atoms. The van der Waals surface area contributed by atoms with Crippen molar-refractivity contribution in [1.82, 2.24) is 0 Å². The van der Waals surface area contributed by atoms with Gasteiger partial charge in [0.15, 0.2) is 0 Å². The summed E-state index contributed by atoms with van der Waals surface area (Å²) in [7, 11) is 0. The van der Waals surface area contributed by atoms with Crippen molar-refractivity contribution in [1.29, 1.82) is 0 Å². The first-order chi connectivity index (χ1) is 11.5. The summed E-state index contributed by atoms with van der Waals surface area (Å²) in [6, 6.07) is 0. The maximum Gasteiger partial charge on any atom is 0.0548 e. The molecule has 0 aliphatic carbocycles. The van der Waals surface area contributed by atoms with Crippen LogP contribution >= 0.6 is 0 Å². The van der Waals surface area contributed by atoms with Gasteiger partial charge in [0.25, 0.3) is 0 Å². The number of hydrogen-bond donors (Lipinski definition) is 1. The van der Waals surface area contributed by atoms with Gasteiger partial charge in [0.1, 0.15) is 0 Å². The Morgan fingerprint density at radius 2 is 1.12 bits per heavy atom. The van der Waals surface area contributed by atoms with Crippen LogP contribution in [0.3, 0.4) is 0 Å².